The first-order valence-corrected chi connectivity index (χ1v) is 9.02. The Hall–Kier alpha value is -2.05. The molecular formula is C18H18ClFN2O2S. The number of anilines is 2. The number of rotatable bonds is 6. The summed E-state index contributed by atoms with van der Waals surface area (Å²) in [5.74, 6) is -0.690. The Morgan fingerprint density at radius 3 is 2.48 bits per heavy atom. The topological polar surface area (TPSA) is 58.2 Å². The second-order valence-electron chi connectivity index (χ2n) is 5.46. The average molecular weight is 381 g/mol. The van der Waals surface area contributed by atoms with Gasteiger partial charge in [0.1, 0.15) is 5.82 Å². The highest BCUT2D eigenvalue weighted by Gasteiger charge is 2.16. The van der Waals surface area contributed by atoms with Gasteiger partial charge in [0, 0.05) is 16.4 Å². The molecule has 0 aliphatic rings. The monoisotopic (exact) mass is 380 g/mol. The summed E-state index contributed by atoms with van der Waals surface area (Å²) < 4.78 is 12.8. The summed E-state index contributed by atoms with van der Waals surface area (Å²) in [6, 6.07) is 10.7. The number of hydrogen-bond acceptors (Lipinski definition) is 3. The Bertz CT molecular complexity index is 768. The van der Waals surface area contributed by atoms with E-state index < -0.39 is 5.25 Å². The zero-order chi connectivity index (χ0) is 18.4. The number of hydrogen-bond donors (Lipinski definition) is 2. The van der Waals surface area contributed by atoms with Gasteiger partial charge in [-0.1, -0.05) is 11.6 Å². The van der Waals surface area contributed by atoms with Gasteiger partial charge in [-0.25, -0.2) is 4.39 Å². The van der Waals surface area contributed by atoms with Crippen LogP contribution in [0.4, 0.5) is 15.8 Å². The first-order valence-electron chi connectivity index (χ1n) is 7.59. The Labute approximate surface area is 155 Å². The number of thioether (sulfide) groups is 1. The van der Waals surface area contributed by atoms with Gasteiger partial charge >= 0.3 is 0 Å². The second-order valence-corrected chi connectivity index (χ2v) is 7.22. The summed E-state index contributed by atoms with van der Waals surface area (Å²) in [6.45, 7) is 3.59. The molecule has 0 spiro atoms. The molecule has 7 heteroatoms. The minimum atomic E-state index is -0.408. The normalized spacial score (nSPS) is 11.7. The van der Waals surface area contributed by atoms with Crippen molar-refractivity contribution < 1.29 is 14.0 Å². The van der Waals surface area contributed by atoms with E-state index in [4.69, 9.17) is 11.6 Å². The van der Waals surface area contributed by atoms with Gasteiger partial charge < -0.3 is 10.6 Å². The minimum absolute atomic E-state index is 0.117. The van der Waals surface area contributed by atoms with Crippen LogP contribution in [-0.4, -0.2) is 22.8 Å². The van der Waals surface area contributed by atoms with E-state index >= 15 is 0 Å². The molecule has 1 unspecified atom stereocenters. The third-order valence-electron chi connectivity index (χ3n) is 3.41. The van der Waals surface area contributed by atoms with Crippen molar-refractivity contribution in [2.24, 2.45) is 0 Å². The van der Waals surface area contributed by atoms with Crippen molar-refractivity contribution in [2.45, 2.75) is 19.1 Å². The molecule has 0 saturated heterocycles. The van der Waals surface area contributed by atoms with Gasteiger partial charge in [-0.05, 0) is 61.9 Å². The maximum Gasteiger partial charge on any atom is 0.237 e. The highest BCUT2D eigenvalue weighted by atomic mass is 35.5. The standard InChI is InChI=1S/C18H18ClFN2O2S/c1-11-9-13(19)3-8-16(11)22-18(24)12(2)25-10-17(23)21-15-6-4-14(20)5-7-15/h3-9,12H,10H2,1-2H3,(H,21,23)(H,22,24). The van der Waals surface area contributed by atoms with Crippen molar-refractivity contribution in [3.8, 4) is 0 Å². The van der Waals surface area contributed by atoms with E-state index in [0.717, 1.165) is 5.56 Å². The molecular weight excluding hydrogens is 363 g/mol. The molecule has 2 rings (SSSR count). The molecule has 2 aromatic carbocycles. The summed E-state index contributed by atoms with van der Waals surface area (Å²) >= 11 is 7.11. The summed E-state index contributed by atoms with van der Waals surface area (Å²) in [4.78, 5) is 24.1. The third-order valence-corrected chi connectivity index (χ3v) is 4.79. The third kappa shape index (κ3) is 6.07. The van der Waals surface area contributed by atoms with E-state index in [1.165, 1.54) is 36.0 Å². The van der Waals surface area contributed by atoms with Gasteiger partial charge in [0.05, 0.1) is 11.0 Å². The highest BCUT2D eigenvalue weighted by Crippen LogP contribution is 2.21. The van der Waals surface area contributed by atoms with Gasteiger partial charge in [0.15, 0.2) is 0 Å². The molecule has 0 radical (unpaired) electrons. The average Bonchev–Trinajstić information content (AvgIpc) is 2.57. The lowest BCUT2D eigenvalue weighted by Gasteiger charge is -2.13. The van der Waals surface area contributed by atoms with E-state index in [-0.39, 0.29) is 23.4 Å². The molecule has 25 heavy (non-hydrogen) atoms. The van der Waals surface area contributed by atoms with Gasteiger partial charge in [-0.3, -0.25) is 9.59 Å². The summed E-state index contributed by atoms with van der Waals surface area (Å²) in [5.41, 5.74) is 2.07. The van der Waals surface area contributed by atoms with Gasteiger partial charge in [-0.2, -0.15) is 0 Å². The zero-order valence-corrected chi connectivity index (χ0v) is 15.4. The molecule has 0 heterocycles. The molecule has 132 valence electrons. The second kappa shape index (κ2) is 8.87. The number of benzene rings is 2. The molecule has 0 aliphatic heterocycles. The number of carbonyl (C=O) groups excluding carboxylic acids is 2. The number of carbonyl (C=O) groups is 2. The number of amides is 2. The molecule has 0 saturated carbocycles. The summed E-state index contributed by atoms with van der Waals surface area (Å²) in [7, 11) is 0. The number of aryl methyl sites for hydroxylation is 1. The van der Waals surface area contributed by atoms with Crippen LogP contribution in [-0.2, 0) is 9.59 Å². The Balaban J connectivity index is 1.82. The smallest absolute Gasteiger partial charge is 0.237 e. The Morgan fingerprint density at radius 2 is 1.84 bits per heavy atom. The Morgan fingerprint density at radius 1 is 1.16 bits per heavy atom. The molecule has 0 bridgehead atoms. The zero-order valence-electron chi connectivity index (χ0n) is 13.8. The van der Waals surface area contributed by atoms with Crippen LogP contribution in [0.5, 0.6) is 0 Å². The molecule has 4 nitrogen and oxygen atoms in total. The SMILES string of the molecule is Cc1cc(Cl)ccc1NC(=O)C(C)SCC(=O)Nc1ccc(F)cc1. The van der Waals surface area contributed by atoms with E-state index in [2.05, 4.69) is 10.6 Å². The van der Waals surface area contributed by atoms with Crippen LogP contribution >= 0.6 is 23.4 Å². The molecule has 2 aromatic rings. The molecule has 0 aliphatic carbocycles. The predicted molar refractivity (Wildman–Crippen MR) is 102 cm³/mol. The van der Waals surface area contributed by atoms with Crippen LogP contribution in [0.2, 0.25) is 5.02 Å². The van der Waals surface area contributed by atoms with Crippen LogP contribution in [0.25, 0.3) is 0 Å². The van der Waals surface area contributed by atoms with Crippen molar-refractivity contribution in [3.63, 3.8) is 0 Å². The number of halogens is 2. The maximum absolute atomic E-state index is 12.8. The van der Waals surface area contributed by atoms with Gasteiger partial charge in [0.2, 0.25) is 11.8 Å². The van der Waals surface area contributed by atoms with E-state index in [9.17, 15) is 14.0 Å². The lowest BCUT2D eigenvalue weighted by molar-refractivity contribution is -0.115. The fraction of sp³-hybridized carbons (Fsp3) is 0.222. The number of nitrogens with one attached hydrogen (secondary N) is 2. The highest BCUT2D eigenvalue weighted by molar-refractivity contribution is 8.01. The Kier molecular flexibility index (Phi) is 6.84. The van der Waals surface area contributed by atoms with Crippen molar-refractivity contribution >= 4 is 46.6 Å². The van der Waals surface area contributed by atoms with Crippen LogP contribution in [0.15, 0.2) is 42.5 Å². The molecule has 1 atom stereocenters. The summed E-state index contributed by atoms with van der Waals surface area (Å²) in [5, 5.41) is 5.68. The lowest BCUT2D eigenvalue weighted by Crippen LogP contribution is -2.25. The van der Waals surface area contributed by atoms with Crippen molar-refractivity contribution in [3.05, 3.63) is 58.9 Å². The van der Waals surface area contributed by atoms with E-state index in [1.807, 2.05) is 6.92 Å². The molecule has 2 N–H and O–H groups in total. The van der Waals surface area contributed by atoms with Crippen LogP contribution in [0.1, 0.15) is 12.5 Å². The molecule has 0 aromatic heterocycles. The fourth-order valence-electron chi connectivity index (χ4n) is 2.01. The van der Waals surface area contributed by atoms with Crippen molar-refractivity contribution in [1.82, 2.24) is 0 Å². The fourth-order valence-corrected chi connectivity index (χ4v) is 2.92. The van der Waals surface area contributed by atoms with Gasteiger partial charge in [-0.15, -0.1) is 11.8 Å². The quantitative estimate of drug-likeness (QED) is 0.776. The maximum atomic E-state index is 12.8. The minimum Gasteiger partial charge on any atom is -0.325 e. The largest absolute Gasteiger partial charge is 0.325 e. The van der Waals surface area contributed by atoms with Crippen molar-refractivity contribution in [1.29, 1.82) is 0 Å². The van der Waals surface area contributed by atoms with E-state index in [1.54, 1.807) is 25.1 Å². The van der Waals surface area contributed by atoms with Crippen LogP contribution in [0, 0.1) is 12.7 Å². The molecule has 2 amide bonds. The van der Waals surface area contributed by atoms with E-state index in [0.29, 0.717) is 16.4 Å². The molecule has 0 fully saturated rings. The predicted octanol–water partition coefficient (Wildman–Crippen LogP) is 4.49. The van der Waals surface area contributed by atoms with Crippen molar-refractivity contribution in [2.75, 3.05) is 16.4 Å². The first-order chi connectivity index (χ1) is 11.8. The first kappa shape index (κ1) is 19.3. The van der Waals surface area contributed by atoms with Crippen LogP contribution < -0.4 is 10.6 Å². The van der Waals surface area contributed by atoms with Crippen LogP contribution in [0.3, 0.4) is 0 Å². The lowest BCUT2D eigenvalue weighted by atomic mass is 10.2. The summed E-state index contributed by atoms with van der Waals surface area (Å²) in [6.07, 6.45) is 0. The van der Waals surface area contributed by atoms with Gasteiger partial charge in [0.25, 0.3) is 0 Å².